The summed E-state index contributed by atoms with van der Waals surface area (Å²) >= 11 is 0. The van der Waals surface area contributed by atoms with Gasteiger partial charge < -0.3 is 14.6 Å². The van der Waals surface area contributed by atoms with Crippen LogP contribution in [0.5, 0.6) is 0 Å². The summed E-state index contributed by atoms with van der Waals surface area (Å²) in [6.45, 7) is 3.06. The molecule has 0 amide bonds. The number of hydrogen-bond donors (Lipinski definition) is 1. The summed E-state index contributed by atoms with van der Waals surface area (Å²) in [5.41, 5.74) is 0. The highest BCUT2D eigenvalue weighted by molar-refractivity contribution is 5.81. The van der Waals surface area contributed by atoms with E-state index in [9.17, 15) is 4.79 Å². The van der Waals surface area contributed by atoms with Gasteiger partial charge in [0.15, 0.2) is 0 Å². The largest absolute Gasteiger partial charge is 0.467 e. The Bertz CT molecular complexity index is 333. The molecule has 0 aromatic rings. The minimum Gasteiger partial charge on any atom is -0.467 e. The molecule has 106 valence electrons. The van der Waals surface area contributed by atoms with E-state index in [2.05, 4.69) is 23.5 Å². The highest BCUT2D eigenvalue weighted by atomic mass is 16.5. The molecule has 0 bridgehead atoms. The molecule has 0 aromatic carbocycles. The molecule has 0 saturated carbocycles. The predicted molar refractivity (Wildman–Crippen MR) is 73.2 cm³/mol. The first-order valence-corrected chi connectivity index (χ1v) is 6.72. The van der Waals surface area contributed by atoms with Gasteiger partial charge >= 0.3 is 5.97 Å². The molecule has 0 atom stereocenters. The molecule has 2 aliphatic rings. The van der Waals surface area contributed by atoms with Gasteiger partial charge in [0.2, 0.25) is 0 Å². The lowest BCUT2D eigenvalue weighted by Gasteiger charge is -2.05. The highest BCUT2D eigenvalue weighted by Gasteiger charge is 2.10. The van der Waals surface area contributed by atoms with Gasteiger partial charge in [-0.15, -0.1) is 0 Å². The molecule has 1 N–H and O–H groups in total. The first kappa shape index (κ1) is 15.5. The lowest BCUT2D eigenvalue weighted by molar-refractivity contribution is -0.138. The number of aliphatic hydroxyl groups is 1. The van der Waals surface area contributed by atoms with E-state index in [0.717, 1.165) is 18.9 Å². The van der Waals surface area contributed by atoms with Crippen LogP contribution in [0.4, 0.5) is 0 Å². The van der Waals surface area contributed by atoms with Gasteiger partial charge in [-0.1, -0.05) is 6.58 Å². The number of allylic oxidation sites excluding steroid dienone is 4. The summed E-state index contributed by atoms with van der Waals surface area (Å²) in [4.78, 5) is 10.1. The molecule has 0 unspecified atom stereocenters. The monoisotopic (exact) mass is 266 g/mol. The third-order valence-corrected chi connectivity index (χ3v) is 2.76. The Morgan fingerprint density at radius 3 is 2.21 bits per heavy atom. The summed E-state index contributed by atoms with van der Waals surface area (Å²) < 4.78 is 10.0. The zero-order valence-corrected chi connectivity index (χ0v) is 11.3. The predicted octanol–water partition coefficient (Wildman–Crippen LogP) is 2.85. The molecule has 0 fully saturated rings. The molecule has 0 spiro atoms. The van der Waals surface area contributed by atoms with E-state index in [4.69, 9.17) is 9.84 Å². The Kier molecular flexibility index (Phi) is 7.66. The Labute approximate surface area is 114 Å². The smallest absolute Gasteiger partial charge is 0.330 e. The van der Waals surface area contributed by atoms with Crippen LogP contribution in [-0.2, 0) is 14.3 Å². The van der Waals surface area contributed by atoms with Crippen molar-refractivity contribution < 1.29 is 19.4 Å². The van der Waals surface area contributed by atoms with Crippen LogP contribution in [0.3, 0.4) is 0 Å². The van der Waals surface area contributed by atoms with E-state index in [1.165, 1.54) is 37.2 Å². The molecule has 0 radical (unpaired) electrons. The van der Waals surface area contributed by atoms with E-state index >= 15 is 0 Å². The lowest BCUT2D eigenvalue weighted by Crippen LogP contribution is -2.04. The molecular formula is C15H22O4. The third-order valence-electron chi connectivity index (χ3n) is 2.76. The van der Waals surface area contributed by atoms with Crippen LogP contribution < -0.4 is 0 Å². The number of rotatable bonds is 5. The van der Waals surface area contributed by atoms with E-state index in [-0.39, 0.29) is 13.2 Å². The van der Waals surface area contributed by atoms with Gasteiger partial charge in [0, 0.05) is 18.9 Å². The third kappa shape index (κ3) is 6.82. The summed E-state index contributed by atoms with van der Waals surface area (Å²) in [6.07, 6.45) is 12.8. The number of hydrogen-bond acceptors (Lipinski definition) is 4. The fourth-order valence-electron chi connectivity index (χ4n) is 1.84. The van der Waals surface area contributed by atoms with Crippen LogP contribution >= 0.6 is 0 Å². The molecule has 0 saturated heterocycles. The van der Waals surface area contributed by atoms with Gasteiger partial charge in [-0.05, 0) is 37.8 Å². The van der Waals surface area contributed by atoms with E-state index in [1.54, 1.807) is 0 Å². The molecule has 0 aliphatic heterocycles. The van der Waals surface area contributed by atoms with E-state index in [1.807, 2.05) is 0 Å². The van der Waals surface area contributed by atoms with Crippen molar-refractivity contribution in [1.29, 1.82) is 0 Å². The first-order valence-electron chi connectivity index (χ1n) is 6.72. The van der Waals surface area contributed by atoms with Gasteiger partial charge in [0.1, 0.15) is 6.61 Å². The molecule has 0 heterocycles. The summed E-state index contributed by atoms with van der Waals surface area (Å²) in [5, 5.41) is 8.10. The molecule has 0 aromatic heterocycles. The van der Waals surface area contributed by atoms with Crippen molar-refractivity contribution in [3.05, 3.63) is 36.3 Å². The summed E-state index contributed by atoms with van der Waals surface area (Å²) in [6, 6.07) is 0. The van der Waals surface area contributed by atoms with Crippen molar-refractivity contribution in [2.24, 2.45) is 0 Å². The molecular weight excluding hydrogens is 244 g/mol. The highest BCUT2D eigenvalue weighted by Crippen LogP contribution is 2.26. The second-order valence-corrected chi connectivity index (χ2v) is 4.32. The average molecular weight is 266 g/mol. The van der Waals surface area contributed by atoms with Gasteiger partial charge in [0.05, 0.1) is 18.1 Å². The SMILES string of the molecule is C1=C(OC2=CCCC2)CCC1.C=CC(=O)OCCO. The summed E-state index contributed by atoms with van der Waals surface area (Å²) in [5.74, 6) is 1.91. The Hall–Kier alpha value is -1.55. The fraction of sp³-hybridized carbons (Fsp3) is 0.533. The van der Waals surface area contributed by atoms with Crippen molar-refractivity contribution >= 4 is 5.97 Å². The normalized spacial score (nSPS) is 16.9. The standard InChI is InChI=1S/C10H14O.C5H8O3/c1-2-6-9(5-1)11-10-7-3-4-8-10;1-2-5(7)8-4-3-6/h5,7H,1-4,6,8H2;2,6H,1,3-4H2. The van der Waals surface area contributed by atoms with Gasteiger partial charge in [-0.25, -0.2) is 4.79 Å². The van der Waals surface area contributed by atoms with Crippen molar-refractivity contribution in [3.63, 3.8) is 0 Å². The lowest BCUT2D eigenvalue weighted by atomic mass is 10.3. The van der Waals surface area contributed by atoms with Crippen molar-refractivity contribution in [2.75, 3.05) is 13.2 Å². The Balaban J connectivity index is 0.000000203. The summed E-state index contributed by atoms with van der Waals surface area (Å²) in [7, 11) is 0. The van der Waals surface area contributed by atoms with Crippen molar-refractivity contribution in [2.45, 2.75) is 38.5 Å². The zero-order chi connectivity index (χ0) is 13.9. The van der Waals surface area contributed by atoms with E-state index < -0.39 is 5.97 Å². The van der Waals surface area contributed by atoms with Crippen LogP contribution in [0.25, 0.3) is 0 Å². The molecule has 4 heteroatoms. The maximum atomic E-state index is 10.1. The van der Waals surface area contributed by atoms with Gasteiger partial charge in [-0.3, -0.25) is 0 Å². The molecule has 2 aliphatic carbocycles. The number of carbonyl (C=O) groups excluding carboxylic acids is 1. The average Bonchev–Trinajstić information content (AvgIpc) is 3.11. The second kappa shape index (κ2) is 9.39. The van der Waals surface area contributed by atoms with Crippen LogP contribution in [0, 0.1) is 0 Å². The fourth-order valence-corrected chi connectivity index (χ4v) is 1.84. The van der Waals surface area contributed by atoms with Gasteiger partial charge in [0.25, 0.3) is 0 Å². The van der Waals surface area contributed by atoms with Crippen LogP contribution in [0.15, 0.2) is 36.3 Å². The number of ether oxygens (including phenoxy) is 2. The Morgan fingerprint density at radius 2 is 1.84 bits per heavy atom. The quantitative estimate of drug-likeness (QED) is 0.614. The minimum absolute atomic E-state index is 0.0465. The van der Waals surface area contributed by atoms with Gasteiger partial charge in [-0.2, -0.15) is 0 Å². The minimum atomic E-state index is -0.501. The maximum Gasteiger partial charge on any atom is 0.330 e. The number of aliphatic hydroxyl groups excluding tert-OH is 1. The topological polar surface area (TPSA) is 55.8 Å². The Morgan fingerprint density at radius 1 is 1.26 bits per heavy atom. The van der Waals surface area contributed by atoms with Crippen molar-refractivity contribution in [1.82, 2.24) is 0 Å². The van der Waals surface area contributed by atoms with Crippen molar-refractivity contribution in [3.8, 4) is 0 Å². The number of esters is 1. The second-order valence-electron chi connectivity index (χ2n) is 4.32. The van der Waals surface area contributed by atoms with E-state index in [0.29, 0.717) is 0 Å². The van der Waals surface area contributed by atoms with Crippen LogP contribution in [0.1, 0.15) is 38.5 Å². The first-order chi connectivity index (χ1) is 9.26. The van der Waals surface area contributed by atoms with Crippen LogP contribution in [0.2, 0.25) is 0 Å². The zero-order valence-electron chi connectivity index (χ0n) is 11.3. The maximum absolute atomic E-state index is 10.1. The molecule has 2 rings (SSSR count). The molecule has 4 nitrogen and oxygen atoms in total. The molecule has 19 heavy (non-hydrogen) atoms. The van der Waals surface area contributed by atoms with Crippen LogP contribution in [-0.4, -0.2) is 24.3 Å². The number of carbonyl (C=O) groups is 1.